The van der Waals surface area contributed by atoms with Crippen LogP contribution in [0.4, 0.5) is 4.79 Å². The minimum absolute atomic E-state index is 0.154. The van der Waals surface area contributed by atoms with Gasteiger partial charge in [0.05, 0.1) is 0 Å². The monoisotopic (exact) mass is 577 g/mol. The van der Waals surface area contributed by atoms with E-state index in [4.69, 9.17) is 9.47 Å². The molecule has 0 heterocycles. The summed E-state index contributed by atoms with van der Waals surface area (Å²) in [6, 6.07) is 19.9. The molecule has 0 aliphatic heterocycles. The first-order chi connectivity index (χ1) is 19.0. The van der Waals surface area contributed by atoms with Gasteiger partial charge in [-0.25, -0.2) is 9.59 Å². The van der Waals surface area contributed by atoms with E-state index in [1.54, 1.807) is 0 Å². The van der Waals surface area contributed by atoms with Gasteiger partial charge in [-0.1, -0.05) is 118 Å². The fourth-order valence-electron chi connectivity index (χ4n) is 6.22. The zero-order valence-electron chi connectivity index (χ0n) is 26.6. The lowest BCUT2D eigenvalue weighted by molar-refractivity contribution is -0.160. The van der Waals surface area contributed by atoms with Crippen molar-refractivity contribution in [1.82, 2.24) is 5.32 Å². The minimum atomic E-state index is -2.20. The van der Waals surface area contributed by atoms with Gasteiger partial charge in [0, 0.05) is 11.8 Å². The van der Waals surface area contributed by atoms with Crippen LogP contribution in [-0.4, -0.2) is 37.9 Å². The normalized spacial score (nSPS) is 21.3. The van der Waals surface area contributed by atoms with Crippen molar-refractivity contribution in [2.45, 2.75) is 104 Å². The molecule has 224 valence electrons. The Morgan fingerprint density at radius 1 is 0.951 bits per heavy atom. The molecule has 5 atom stereocenters. The molecule has 41 heavy (non-hydrogen) atoms. The second-order valence-corrected chi connectivity index (χ2v) is 18.5. The molecule has 3 rings (SSSR count). The van der Waals surface area contributed by atoms with Crippen LogP contribution in [0.15, 0.2) is 72.4 Å². The third kappa shape index (κ3) is 8.12. The molecule has 1 fully saturated rings. The number of alkyl carbamates (subject to hydrolysis) is 1. The van der Waals surface area contributed by atoms with Crippen LogP contribution in [0.25, 0.3) is 0 Å². The smallest absolute Gasteiger partial charge is 0.408 e. The van der Waals surface area contributed by atoms with Gasteiger partial charge in [-0.05, 0) is 50.5 Å². The van der Waals surface area contributed by atoms with Crippen molar-refractivity contribution < 1.29 is 19.1 Å². The molecule has 2 aromatic rings. The number of amides is 1. The van der Waals surface area contributed by atoms with E-state index in [9.17, 15) is 9.59 Å². The number of rotatable bonds is 9. The number of carbonyl (C=O) groups is 2. The van der Waals surface area contributed by atoms with E-state index in [0.717, 1.165) is 24.5 Å². The van der Waals surface area contributed by atoms with E-state index in [-0.39, 0.29) is 23.4 Å². The fourth-order valence-corrected chi connectivity index (χ4v) is 8.92. The van der Waals surface area contributed by atoms with E-state index >= 15 is 0 Å². The predicted octanol–water partition coefficient (Wildman–Crippen LogP) is 7.55. The summed E-state index contributed by atoms with van der Waals surface area (Å²) in [5.41, 5.74) is 0.361. The van der Waals surface area contributed by atoms with Gasteiger partial charge in [-0.2, -0.15) is 0 Å². The van der Waals surface area contributed by atoms with Crippen molar-refractivity contribution in [3.05, 3.63) is 78.0 Å². The average molecular weight is 578 g/mol. The molecule has 5 nitrogen and oxygen atoms in total. The topological polar surface area (TPSA) is 64.6 Å². The molecule has 1 N–H and O–H groups in total. The minimum Gasteiger partial charge on any atom is -0.460 e. The van der Waals surface area contributed by atoms with E-state index in [2.05, 4.69) is 82.2 Å². The summed E-state index contributed by atoms with van der Waals surface area (Å²) in [4.78, 5) is 27.1. The molecule has 1 saturated carbocycles. The standard InChI is InChI=1S/C35H51NO4Si/c1-24-21-22-29(35(7,8)27-17-13-11-14-18-27)30(23-24)39-32(37)31(36-33(38)40-34(4,5)6)25(2)26(3)41(9,10)28-19-15-12-16-20-28/h11-20,24-25,29-31H,3,21-23H2,1-2,4-10H3,(H,36,38)/t24-,25-,29-,30-,31-/m1/s1. The summed E-state index contributed by atoms with van der Waals surface area (Å²) in [5, 5.41) is 5.09. The maximum atomic E-state index is 14.1. The SMILES string of the molecule is C=C([C@@H](C)[C@@H](NC(=O)OC(C)(C)C)C(=O)O[C@@H]1C[C@H](C)CC[C@H]1C(C)(C)c1ccccc1)[Si](C)(C)c1ccccc1. The summed E-state index contributed by atoms with van der Waals surface area (Å²) in [6.07, 6.45) is 1.98. The summed E-state index contributed by atoms with van der Waals surface area (Å²) in [6.45, 7) is 23.1. The van der Waals surface area contributed by atoms with Crippen LogP contribution >= 0.6 is 0 Å². The molecule has 1 aliphatic carbocycles. The zero-order chi connectivity index (χ0) is 30.6. The maximum absolute atomic E-state index is 14.1. The molecule has 0 unspecified atom stereocenters. The Balaban J connectivity index is 1.92. The van der Waals surface area contributed by atoms with Crippen LogP contribution in [0.2, 0.25) is 13.1 Å². The highest BCUT2D eigenvalue weighted by Gasteiger charge is 2.44. The van der Waals surface area contributed by atoms with Gasteiger partial charge in [0.2, 0.25) is 0 Å². The lowest BCUT2D eigenvalue weighted by Crippen LogP contribution is -2.54. The van der Waals surface area contributed by atoms with Crippen molar-refractivity contribution in [1.29, 1.82) is 0 Å². The highest BCUT2D eigenvalue weighted by atomic mass is 28.3. The van der Waals surface area contributed by atoms with Crippen LogP contribution in [0.1, 0.15) is 73.3 Å². The zero-order valence-corrected chi connectivity index (χ0v) is 27.6. The molecule has 0 radical (unpaired) electrons. The molecule has 0 saturated heterocycles. The molecule has 0 bridgehead atoms. The number of ether oxygens (including phenoxy) is 2. The molecule has 1 amide bonds. The molecule has 2 aromatic carbocycles. The van der Waals surface area contributed by atoms with Crippen molar-refractivity contribution in [3.63, 3.8) is 0 Å². The van der Waals surface area contributed by atoms with Gasteiger partial charge in [-0.3, -0.25) is 0 Å². The van der Waals surface area contributed by atoms with Crippen LogP contribution in [0.5, 0.6) is 0 Å². The van der Waals surface area contributed by atoms with Crippen molar-refractivity contribution in [3.8, 4) is 0 Å². The van der Waals surface area contributed by atoms with Gasteiger partial charge in [0.15, 0.2) is 0 Å². The highest BCUT2D eigenvalue weighted by Crippen LogP contribution is 2.44. The molecule has 1 aliphatic rings. The number of nitrogens with one attached hydrogen (secondary N) is 1. The van der Waals surface area contributed by atoms with E-state index in [0.29, 0.717) is 5.92 Å². The number of hydrogen-bond acceptors (Lipinski definition) is 4. The first kappa shape index (κ1) is 32.6. The number of carbonyl (C=O) groups excluding carboxylic acids is 2. The van der Waals surface area contributed by atoms with Crippen LogP contribution < -0.4 is 10.5 Å². The summed E-state index contributed by atoms with van der Waals surface area (Å²) >= 11 is 0. The van der Waals surface area contributed by atoms with Crippen LogP contribution in [-0.2, 0) is 19.7 Å². The van der Waals surface area contributed by atoms with Crippen LogP contribution in [0, 0.1) is 17.8 Å². The lowest BCUT2D eigenvalue weighted by Gasteiger charge is -2.44. The number of hydrogen-bond donors (Lipinski definition) is 1. The van der Waals surface area contributed by atoms with Crippen LogP contribution in [0.3, 0.4) is 0 Å². The Labute approximate surface area is 249 Å². The lowest BCUT2D eigenvalue weighted by atomic mass is 9.64. The third-order valence-electron chi connectivity index (χ3n) is 9.04. The molecule has 0 spiro atoms. The summed E-state index contributed by atoms with van der Waals surface area (Å²) in [7, 11) is -2.20. The van der Waals surface area contributed by atoms with E-state index in [1.807, 2.05) is 52.0 Å². The van der Waals surface area contributed by atoms with E-state index in [1.165, 1.54) is 10.8 Å². The van der Waals surface area contributed by atoms with Gasteiger partial charge in [-0.15, -0.1) is 6.58 Å². The first-order valence-corrected chi connectivity index (χ1v) is 18.0. The molecular formula is C35H51NO4Si. The van der Waals surface area contributed by atoms with Gasteiger partial charge >= 0.3 is 12.1 Å². The Kier molecular flexibility index (Phi) is 10.3. The average Bonchev–Trinajstić information content (AvgIpc) is 2.90. The second-order valence-electron chi connectivity index (χ2n) is 14.0. The summed E-state index contributed by atoms with van der Waals surface area (Å²) in [5.74, 6) is -0.167. The maximum Gasteiger partial charge on any atom is 0.408 e. The van der Waals surface area contributed by atoms with Crippen molar-refractivity contribution in [2.24, 2.45) is 17.8 Å². The van der Waals surface area contributed by atoms with Gasteiger partial charge < -0.3 is 14.8 Å². The van der Waals surface area contributed by atoms with Crippen molar-refractivity contribution >= 4 is 25.3 Å². The first-order valence-electron chi connectivity index (χ1n) is 15.0. The molecule has 0 aromatic heterocycles. The van der Waals surface area contributed by atoms with Gasteiger partial charge in [0.1, 0.15) is 25.8 Å². The Morgan fingerprint density at radius 2 is 1.51 bits per heavy atom. The second kappa shape index (κ2) is 13.0. The quantitative estimate of drug-likeness (QED) is 0.247. The largest absolute Gasteiger partial charge is 0.460 e. The predicted molar refractivity (Wildman–Crippen MR) is 171 cm³/mol. The highest BCUT2D eigenvalue weighted by molar-refractivity contribution is 6.95. The number of esters is 1. The Bertz CT molecular complexity index is 1190. The Morgan fingerprint density at radius 3 is 2.07 bits per heavy atom. The van der Waals surface area contributed by atoms with E-state index < -0.39 is 31.8 Å². The Hall–Kier alpha value is -2.86. The van der Waals surface area contributed by atoms with Crippen molar-refractivity contribution in [2.75, 3.05) is 0 Å². The molecule has 6 heteroatoms. The van der Waals surface area contributed by atoms with Gasteiger partial charge in [0.25, 0.3) is 0 Å². The molecular weight excluding hydrogens is 526 g/mol. The summed E-state index contributed by atoms with van der Waals surface area (Å²) < 4.78 is 12.0. The number of benzene rings is 2. The fraction of sp³-hybridized carbons (Fsp3) is 0.543. The third-order valence-corrected chi connectivity index (χ3v) is 12.9.